The summed E-state index contributed by atoms with van der Waals surface area (Å²) >= 11 is 1.22. The topological polar surface area (TPSA) is 73.2 Å². The molecule has 0 radical (unpaired) electrons. The van der Waals surface area contributed by atoms with Crippen LogP contribution in [0.4, 0.5) is 5.69 Å². The summed E-state index contributed by atoms with van der Waals surface area (Å²) in [5, 5.41) is 3.90. The van der Waals surface area contributed by atoms with Gasteiger partial charge in [0, 0.05) is 7.05 Å². The molecule has 1 amide bonds. The van der Waals surface area contributed by atoms with Crippen molar-refractivity contribution in [1.29, 1.82) is 0 Å². The average molecular weight is 369 g/mol. The number of rotatable bonds is 6. The van der Waals surface area contributed by atoms with Crippen molar-refractivity contribution in [1.82, 2.24) is 9.55 Å². The van der Waals surface area contributed by atoms with E-state index in [9.17, 15) is 9.59 Å². The van der Waals surface area contributed by atoms with Crippen LogP contribution in [0.25, 0.3) is 10.9 Å². The van der Waals surface area contributed by atoms with E-state index in [1.165, 1.54) is 16.3 Å². The van der Waals surface area contributed by atoms with Crippen LogP contribution < -0.4 is 15.6 Å². The number of hydrogen-bond acceptors (Lipinski definition) is 5. The van der Waals surface area contributed by atoms with Gasteiger partial charge in [0.15, 0.2) is 5.16 Å². The van der Waals surface area contributed by atoms with E-state index >= 15 is 0 Å². The van der Waals surface area contributed by atoms with Crippen molar-refractivity contribution in [3.05, 3.63) is 58.9 Å². The maximum Gasteiger partial charge on any atom is 0.261 e. The first-order valence-electron chi connectivity index (χ1n) is 8.20. The fourth-order valence-electron chi connectivity index (χ4n) is 2.49. The van der Waals surface area contributed by atoms with Crippen molar-refractivity contribution in [3.63, 3.8) is 0 Å². The molecule has 1 heterocycles. The number of amides is 1. The van der Waals surface area contributed by atoms with Gasteiger partial charge in [-0.2, -0.15) is 0 Å². The highest BCUT2D eigenvalue weighted by atomic mass is 32.2. The second-order valence-corrected chi connectivity index (χ2v) is 6.48. The Morgan fingerprint density at radius 1 is 1.19 bits per heavy atom. The smallest absolute Gasteiger partial charge is 0.261 e. The Morgan fingerprint density at radius 3 is 2.73 bits per heavy atom. The highest BCUT2D eigenvalue weighted by Crippen LogP contribution is 2.24. The molecular weight excluding hydrogens is 350 g/mol. The Morgan fingerprint density at radius 2 is 1.92 bits per heavy atom. The van der Waals surface area contributed by atoms with Gasteiger partial charge in [0.05, 0.1) is 29.0 Å². The van der Waals surface area contributed by atoms with Crippen LogP contribution in [-0.2, 0) is 11.8 Å². The third-order valence-corrected chi connectivity index (χ3v) is 4.77. The van der Waals surface area contributed by atoms with Crippen LogP contribution in [0.2, 0.25) is 0 Å². The van der Waals surface area contributed by atoms with Gasteiger partial charge in [0.25, 0.3) is 5.56 Å². The third kappa shape index (κ3) is 3.88. The molecule has 0 bridgehead atoms. The molecule has 3 rings (SSSR count). The van der Waals surface area contributed by atoms with E-state index in [4.69, 9.17) is 4.74 Å². The normalized spacial score (nSPS) is 10.7. The van der Waals surface area contributed by atoms with Gasteiger partial charge < -0.3 is 10.1 Å². The standard InChI is InChI=1S/C19H19N3O3S/c1-3-25-16-11-7-6-10-15(16)20-17(23)12-26-19-21-14-9-5-4-8-13(14)18(24)22(19)2/h4-11H,3,12H2,1-2H3,(H,20,23). The molecule has 0 aliphatic carbocycles. The lowest BCUT2D eigenvalue weighted by Crippen LogP contribution is -2.21. The predicted molar refractivity (Wildman–Crippen MR) is 104 cm³/mol. The Balaban J connectivity index is 1.73. The fraction of sp³-hybridized carbons (Fsp3) is 0.211. The van der Waals surface area contributed by atoms with Gasteiger partial charge in [-0.05, 0) is 31.2 Å². The second kappa shape index (κ2) is 8.05. The van der Waals surface area contributed by atoms with Crippen molar-refractivity contribution >= 4 is 34.3 Å². The van der Waals surface area contributed by atoms with Gasteiger partial charge in [-0.15, -0.1) is 0 Å². The zero-order valence-corrected chi connectivity index (χ0v) is 15.4. The number of ether oxygens (including phenoxy) is 1. The summed E-state index contributed by atoms with van der Waals surface area (Å²) in [4.78, 5) is 29.2. The zero-order chi connectivity index (χ0) is 18.5. The van der Waals surface area contributed by atoms with Gasteiger partial charge in [0.2, 0.25) is 5.91 Å². The number of benzene rings is 2. The molecule has 0 saturated heterocycles. The molecule has 0 aliphatic rings. The molecule has 2 aromatic carbocycles. The van der Waals surface area contributed by atoms with Crippen molar-refractivity contribution < 1.29 is 9.53 Å². The van der Waals surface area contributed by atoms with E-state index in [0.717, 1.165) is 0 Å². The molecule has 134 valence electrons. The van der Waals surface area contributed by atoms with E-state index < -0.39 is 0 Å². The fourth-order valence-corrected chi connectivity index (χ4v) is 3.27. The van der Waals surface area contributed by atoms with Crippen LogP contribution in [0.3, 0.4) is 0 Å². The first-order valence-corrected chi connectivity index (χ1v) is 9.19. The molecule has 7 heteroatoms. The summed E-state index contributed by atoms with van der Waals surface area (Å²) in [6, 6.07) is 14.5. The lowest BCUT2D eigenvalue weighted by Gasteiger charge is -2.12. The first-order chi connectivity index (χ1) is 12.6. The molecule has 1 N–H and O–H groups in total. The quantitative estimate of drug-likeness (QED) is 0.534. The molecule has 0 saturated carbocycles. The Hall–Kier alpha value is -2.80. The van der Waals surface area contributed by atoms with Crippen LogP contribution in [0, 0.1) is 0 Å². The number of carbonyl (C=O) groups excluding carboxylic acids is 1. The van der Waals surface area contributed by atoms with Crippen LogP contribution in [-0.4, -0.2) is 27.8 Å². The van der Waals surface area contributed by atoms with Crippen LogP contribution in [0.1, 0.15) is 6.92 Å². The number of anilines is 1. The number of nitrogens with one attached hydrogen (secondary N) is 1. The summed E-state index contributed by atoms with van der Waals surface area (Å²) in [6.45, 7) is 2.41. The molecule has 0 fully saturated rings. The summed E-state index contributed by atoms with van der Waals surface area (Å²) in [5.74, 6) is 0.577. The highest BCUT2D eigenvalue weighted by Gasteiger charge is 2.12. The molecule has 6 nitrogen and oxygen atoms in total. The molecule has 0 spiro atoms. The molecule has 1 aromatic heterocycles. The van der Waals surface area contributed by atoms with E-state index in [-0.39, 0.29) is 17.2 Å². The third-order valence-electron chi connectivity index (χ3n) is 3.74. The Bertz CT molecular complexity index is 1000. The van der Waals surface area contributed by atoms with Gasteiger partial charge in [-0.25, -0.2) is 4.98 Å². The van der Waals surface area contributed by atoms with Crippen molar-refractivity contribution in [2.75, 3.05) is 17.7 Å². The minimum atomic E-state index is -0.190. The molecule has 26 heavy (non-hydrogen) atoms. The molecule has 0 aliphatic heterocycles. The van der Waals surface area contributed by atoms with E-state index in [1.807, 2.05) is 31.2 Å². The minimum absolute atomic E-state index is 0.125. The monoisotopic (exact) mass is 369 g/mol. The summed E-state index contributed by atoms with van der Waals surface area (Å²) in [5.41, 5.74) is 1.13. The van der Waals surface area contributed by atoms with Gasteiger partial charge in [-0.1, -0.05) is 36.0 Å². The number of thioether (sulfide) groups is 1. The van der Waals surface area contributed by atoms with E-state index in [1.54, 1.807) is 31.3 Å². The number of aromatic nitrogens is 2. The van der Waals surface area contributed by atoms with Crippen molar-refractivity contribution in [2.24, 2.45) is 7.05 Å². The minimum Gasteiger partial charge on any atom is -0.492 e. The summed E-state index contributed by atoms with van der Waals surface area (Å²) in [7, 11) is 1.66. The SMILES string of the molecule is CCOc1ccccc1NC(=O)CSc1nc2ccccc2c(=O)n1C. The summed E-state index contributed by atoms with van der Waals surface area (Å²) < 4.78 is 6.97. The van der Waals surface area contributed by atoms with Gasteiger partial charge >= 0.3 is 0 Å². The number of nitrogens with zero attached hydrogens (tertiary/aromatic N) is 2. The number of para-hydroxylation sites is 3. The average Bonchev–Trinajstić information content (AvgIpc) is 2.65. The highest BCUT2D eigenvalue weighted by molar-refractivity contribution is 7.99. The van der Waals surface area contributed by atoms with E-state index in [2.05, 4.69) is 10.3 Å². The zero-order valence-electron chi connectivity index (χ0n) is 14.6. The molecule has 0 atom stereocenters. The van der Waals surface area contributed by atoms with Crippen molar-refractivity contribution in [2.45, 2.75) is 12.1 Å². The largest absolute Gasteiger partial charge is 0.492 e. The number of carbonyl (C=O) groups is 1. The van der Waals surface area contributed by atoms with Crippen LogP contribution in [0.5, 0.6) is 5.75 Å². The molecule has 0 unspecified atom stereocenters. The second-order valence-electron chi connectivity index (χ2n) is 5.54. The number of fused-ring (bicyclic) bond motifs is 1. The lowest BCUT2D eigenvalue weighted by atomic mass is 10.2. The maximum atomic E-state index is 12.4. The van der Waals surface area contributed by atoms with Crippen LogP contribution in [0.15, 0.2) is 58.5 Å². The van der Waals surface area contributed by atoms with Gasteiger partial charge in [-0.3, -0.25) is 14.2 Å². The van der Waals surface area contributed by atoms with Crippen molar-refractivity contribution in [3.8, 4) is 5.75 Å². The lowest BCUT2D eigenvalue weighted by molar-refractivity contribution is -0.113. The maximum absolute atomic E-state index is 12.4. The van der Waals surface area contributed by atoms with Crippen LogP contribution >= 0.6 is 11.8 Å². The Kier molecular flexibility index (Phi) is 5.58. The van der Waals surface area contributed by atoms with Gasteiger partial charge in [0.1, 0.15) is 5.75 Å². The number of hydrogen-bond donors (Lipinski definition) is 1. The predicted octanol–water partition coefficient (Wildman–Crippen LogP) is 3.06. The summed E-state index contributed by atoms with van der Waals surface area (Å²) in [6.07, 6.45) is 0. The molecular formula is C19H19N3O3S. The van der Waals surface area contributed by atoms with E-state index in [0.29, 0.717) is 34.1 Å². The molecule has 3 aromatic rings. The first kappa shape index (κ1) is 18.0. The Labute approximate surface area is 155 Å².